The maximum atomic E-state index is 14.0. The molecule has 0 amide bonds. The minimum atomic E-state index is -0.507. The second-order valence-corrected chi connectivity index (χ2v) is 7.33. The second kappa shape index (κ2) is 8.69. The summed E-state index contributed by atoms with van der Waals surface area (Å²) in [5, 5.41) is 0. The quantitative estimate of drug-likeness (QED) is 0.704. The lowest BCUT2D eigenvalue weighted by Gasteiger charge is -2.32. The number of methoxy groups -OCH3 is 2. The maximum Gasteiger partial charge on any atom is 0.167 e. The zero-order valence-corrected chi connectivity index (χ0v) is 16.9. The number of aryl methyl sites for hydroxylation is 1. The first kappa shape index (κ1) is 20.3. The van der Waals surface area contributed by atoms with Crippen LogP contribution in [0.5, 0.6) is 11.5 Å². The third-order valence-corrected chi connectivity index (χ3v) is 5.44. The number of likely N-dealkylation sites (tertiary alicyclic amines) is 1. The number of hydrogen-bond acceptors (Lipinski definition) is 5. The van der Waals surface area contributed by atoms with Crippen LogP contribution >= 0.6 is 0 Å². The third kappa shape index (κ3) is 4.17. The van der Waals surface area contributed by atoms with Gasteiger partial charge >= 0.3 is 0 Å². The fourth-order valence-electron chi connectivity index (χ4n) is 3.91. The van der Waals surface area contributed by atoms with Crippen LogP contribution in [0.1, 0.15) is 40.0 Å². The Kier molecular flexibility index (Phi) is 6.29. The highest BCUT2D eigenvalue weighted by molar-refractivity contribution is 5.98. The summed E-state index contributed by atoms with van der Waals surface area (Å²) >= 11 is 0. The van der Waals surface area contributed by atoms with Crippen molar-refractivity contribution in [3.8, 4) is 11.5 Å². The molecule has 0 N–H and O–H groups in total. The fourth-order valence-corrected chi connectivity index (χ4v) is 3.91. The molecule has 150 valence electrons. The van der Waals surface area contributed by atoms with Crippen LogP contribution < -0.4 is 9.47 Å². The van der Waals surface area contributed by atoms with Crippen molar-refractivity contribution < 1.29 is 18.7 Å². The predicted octanol–water partition coefficient (Wildman–Crippen LogP) is 3.95. The molecular formula is C22H27FN2O3. The number of ketones is 1. The minimum absolute atomic E-state index is 0.0163. The molecule has 1 aliphatic rings. The summed E-state index contributed by atoms with van der Waals surface area (Å²) in [6.07, 6.45) is 3.57. The van der Waals surface area contributed by atoms with Crippen molar-refractivity contribution in [3.05, 3.63) is 52.6 Å². The molecule has 1 fully saturated rings. The van der Waals surface area contributed by atoms with E-state index >= 15 is 0 Å². The maximum absolute atomic E-state index is 14.0. The Morgan fingerprint density at radius 1 is 1.29 bits per heavy atom. The van der Waals surface area contributed by atoms with E-state index in [2.05, 4.69) is 9.88 Å². The Bertz CT molecular complexity index is 869. The van der Waals surface area contributed by atoms with Gasteiger partial charge in [0.2, 0.25) is 0 Å². The molecule has 1 aliphatic heterocycles. The Labute approximate surface area is 165 Å². The summed E-state index contributed by atoms with van der Waals surface area (Å²) in [5.74, 6) is 0.347. The van der Waals surface area contributed by atoms with Crippen LogP contribution in [0, 0.1) is 25.6 Å². The Balaban J connectivity index is 1.72. The number of aromatic nitrogens is 1. The lowest BCUT2D eigenvalue weighted by atomic mass is 9.89. The van der Waals surface area contributed by atoms with Crippen molar-refractivity contribution in [2.75, 3.05) is 27.3 Å². The summed E-state index contributed by atoms with van der Waals surface area (Å²) in [6, 6.07) is 4.42. The molecule has 28 heavy (non-hydrogen) atoms. The zero-order valence-electron chi connectivity index (χ0n) is 16.9. The Morgan fingerprint density at radius 2 is 2.07 bits per heavy atom. The number of benzene rings is 1. The number of piperidine rings is 1. The van der Waals surface area contributed by atoms with E-state index in [1.165, 1.54) is 19.2 Å². The molecule has 0 bridgehead atoms. The highest BCUT2D eigenvalue weighted by atomic mass is 19.1. The SMILES string of the molecule is COc1ccc(C(=O)[C@H]2CCCN(Cc3ncc(C)c(OC)c3C)C2)cc1F. The van der Waals surface area contributed by atoms with Gasteiger partial charge in [0.15, 0.2) is 17.3 Å². The first-order valence-electron chi connectivity index (χ1n) is 9.53. The van der Waals surface area contributed by atoms with Crippen LogP contribution in [0.2, 0.25) is 0 Å². The molecule has 0 spiro atoms. The molecule has 1 saturated heterocycles. The largest absolute Gasteiger partial charge is 0.496 e. The van der Waals surface area contributed by atoms with E-state index in [1.807, 2.05) is 20.0 Å². The van der Waals surface area contributed by atoms with Crippen LogP contribution in [-0.2, 0) is 6.54 Å². The number of Topliss-reactive ketones (excluding diaryl/α,β-unsaturated/α-hetero) is 1. The van der Waals surface area contributed by atoms with E-state index in [9.17, 15) is 9.18 Å². The van der Waals surface area contributed by atoms with Gasteiger partial charge in [-0.05, 0) is 51.4 Å². The van der Waals surface area contributed by atoms with Crippen molar-refractivity contribution in [1.82, 2.24) is 9.88 Å². The van der Waals surface area contributed by atoms with E-state index in [4.69, 9.17) is 9.47 Å². The highest BCUT2D eigenvalue weighted by Crippen LogP contribution is 2.28. The summed E-state index contributed by atoms with van der Waals surface area (Å²) in [5.41, 5.74) is 3.41. The van der Waals surface area contributed by atoms with Gasteiger partial charge in [-0.1, -0.05) is 0 Å². The van der Waals surface area contributed by atoms with Gasteiger partial charge in [0, 0.05) is 41.9 Å². The molecule has 0 unspecified atom stereocenters. The first-order valence-corrected chi connectivity index (χ1v) is 9.53. The monoisotopic (exact) mass is 386 g/mol. The number of ether oxygens (including phenoxy) is 2. The molecular weight excluding hydrogens is 359 g/mol. The molecule has 6 heteroatoms. The molecule has 3 rings (SSSR count). The van der Waals surface area contributed by atoms with Gasteiger partial charge in [-0.2, -0.15) is 0 Å². The molecule has 0 radical (unpaired) electrons. The van der Waals surface area contributed by atoms with Gasteiger partial charge in [-0.15, -0.1) is 0 Å². The number of nitrogens with zero attached hydrogens (tertiary/aromatic N) is 2. The van der Waals surface area contributed by atoms with Crippen molar-refractivity contribution in [2.24, 2.45) is 5.92 Å². The number of pyridine rings is 1. The number of hydrogen-bond donors (Lipinski definition) is 0. The fraction of sp³-hybridized carbons (Fsp3) is 0.455. The molecule has 5 nitrogen and oxygen atoms in total. The summed E-state index contributed by atoms with van der Waals surface area (Å²) in [4.78, 5) is 19.7. The van der Waals surface area contributed by atoms with Gasteiger partial charge in [0.1, 0.15) is 5.75 Å². The minimum Gasteiger partial charge on any atom is -0.496 e. The van der Waals surface area contributed by atoms with E-state index in [0.717, 1.165) is 42.0 Å². The van der Waals surface area contributed by atoms with Gasteiger partial charge < -0.3 is 9.47 Å². The Hall–Kier alpha value is -2.47. The van der Waals surface area contributed by atoms with Gasteiger partial charge in [0.05, 0.1) is 19.9 Å². The van der Waals surface area contributed by atoms with Crippen LogP contribution in [0.15, 0.2) is 24.4 Å². The van der Waals surface area contributed by atoms with Crippen LogP contribution in [0.4, 0.5) is 4.39 Å². The van der Waals surface area contributed by atoms with Crippen molar-refractivity contribution in [1.29, 1.82) is 0 Å². The first-order chi connectivity index (χ1) is 13.4. The average Bonchev–Trinajstić information content (AvgIpc) is 2.70. The molecule has 2 aromatic rings. The van der Waals surface area contributed by atoms with E-state index in [-0.39, 0.29) is 17.5 Å². The molecule has 1 atom stereocenters. The van der Waals surface area contributed by atoms with E-state index in [1.54, 1.807) is 13.2 Å². The van der Waals surface area contributed by atoms with Crippen LogP contribution in [-0.4, -0.2) is 43.0 Å². The Morgan fingerprint density at radius 3 is 2.75 bits per heavy atom. The number of carbonyl (C=O) groups is 1. The predicted molar refractivity (Wildman–Crippen MR) is 106 cm³/mol. The lowest BCUT2D eigenvalue weighted by Crippen LogP contribution is -2.38. The summed E-state index contributed by atoms with van der Waals surface area (Å²) in [6.45, 7) is 6.22. The lowest BCUT2D eigenvalue weighted by molar-refractivity contribution is 0.0809. The smallest absolute Gasteiger partial charge is 0.167 e. The van der Waals surface area contributed by atoms with Gasteiger partial charge in [-0.25, -0.2) is 4.39 Å². The summed E-state index contributed by atoms with van der Waals surface area (Å²) in [7, 11) is 3.08. The van der Waals surface area contributed by atoms with E-state index < -0.39 is 5.82 Å². The van der Waals surface area contributed by atoms with Gasteiger partial charge in [-0.3, -0.25) is 14.7 Å². The molecule has 0 aliphatic carbocycles. The number of halogens is 1. The third-order valence-electron chi connectivity index (χ3n) is 5.44. The second-order valence-electron chi connectivity index (χ2n) is 7.33. The zero-order chi connectivity index (χ0) is 20.3. The van der Waals surface area contributed by atoms with Crippen molar-refractivity contribution in [2.45, 2.75) is 33.2 Å². The normalized spacial score (nSPS) is 17.4. The topological polar surface area (TPSA) is 51.7 Å². The van der Waals surface area contributed by atoms with Crippen molar-refractivity contribution in [3.63, 3.8) is 0 Å². The number of rotatable bonds is 6. The highest BCUT2D eigenvalue weighted by Gasteiger charge is 2.28. The average molecular weight is 386 g/mol. The molecule has 1 aromatic heterocycles. The van der Waals surface area contributed by atoms with Crippen molar-refractivity contribution >= 4 is 5.78 Å². The summed E-state index contributed by atoms with van der Waals surface area (Å²) < 4.78 is 24.4. The van der Waals surface area contributed by atoms with Crippen LogP contribution in [0.3, 0.4) is 0 Å². The molecule has 0 saturated carbocycles. The number of carbonyl (C=O) groups excluding carboxylic acids is 1. The van der Waals surface area contributed by atoms with Crippen LogP contribution in [0.25, 0.3) is 0 Å². The van der Waals surface area contributed by atoms with Gasteiger partial charge in [0.25, 0.3) is 0 Å². The standard InChI is InChI=1S/C22H27FN2O3/c1-14-11-24-19(15(2)22(14)28-4)13-25-9-5-6-17(12-25)21(26)16-7-8-20(27-3)18(23)10-16/h7-8,10-11,17H,5-6,9,12-13H2,1-4H3/t17-/m0/s1. The molecule has 2 heterocycles. The molecule has 1 aromatic carbocycles. The van der Waals surface area contributed by atoms with E-state index in [0.29, 0.717) is 18.7 Å².